The fourth-order valence-electron chi connectivity index (χ4n) is 6.63. The van der Waals surface area contributed by atoms with Gasteiger partial charge in [-0.3, -0.25) is 4.79 Å². The molecule has 56 heavy (non-hydrogen) atoms. The molecule has 5 atom stereocenters. The predicted molar refractivity (Wildman–Crippen MR) is 218 cm³/mol. The highest BCUT2D eigenvalue weighted by Gasteiger charge is 2.38. The Hall–Kier alpha value is -5.46. The van der Waals surface area contributed by atoms with Gasteiger partial charge in [0.05, 0.1) is 25.9 Å². The van der Waals surface area contributed by atoms with E-state index in [0.717, 1.165) is 49.5 Å². The maximum atomic E-state index is 12.9. The van der Waals surface area contributed by atoms with Gasteiger partial charge >= 0.3 is 12.0 Å². The number of esters is 1. The van der Waals surface area contributed by atoms with Gasteiger partial charge in [-0.15, -0.1) is 11.8 Å². The van der Waals surface area contributed by atoms with Gasteiger partial charge in [0.2, 0.25) is 5.91 Å². The lowest BCUT2D eigenvalue weighted by atomic mass is 9.91. The Morgan fingerprint density at radius 1 is 0.786 bits per heavy atom. The van der Waals surface area contributed by atoms with Gasteiger partial charge in [-0.25, -0.2) is 9.59 Å². The molecule has 0 radical (unpaired) electrons. The van der Waals surface area contributed by atoms with Crippen LogP contribution in [0.1, 0.15) is 54.1 Å². The fraction of sp³-hybridized carbons (Fsp3) is 0.267. The summed E-state index contributed by atoms with van der Waals surface area (Å²) in [4.78, 5) is 37.9. The summed E-state index contributed by atoms with van der Waals surface area (Å²) in [6.45, 7) is 3.84. The Balaban J connectivity index is 1.15. The smallest absolute Gasteiger partial charge is 0.328 e. The molecule has 5 aromatic rings. The van der Waals surface area contributed by atoms with Crippen molar-refractivity contribution in [1.82, 2.24) is 10.6 Å². The van der Waals surface area contributed by atoms with Crippen molar-refractivity contribution in [2.24, 2.45) is 5.92 Å². The number of anilines is 1. The molecule has 1 aliphatic rings. The molecule has 6 rings (SSSR count). The van der Waals surface area contributed by atoms with E-state index in [1.54, 1.807) is 11.8 Å². The quantitative estimate of drug-likeness (QED) is 0.0660. The molecule has 1 saturated heterocycles. The molecular formula is C45H47N3O7S. The Bertz CT molecular complexity index is 2080. The van der Waals surface area contributed by atoms with Crippen LogP contribution >= 0.6 is 11.8 Å². The zero-order chi connectivity index (χ0) is 39.4. The van der Waals surface area contributed by atoms with Gasteiger partial charge < -0.3 is 35.3 Å². The molecule has 0 spiro atoms. The number of methoxy groups -OCH3 is 1. The molecule has 0 saturated carbocycles. The first-order chi connectivity index (χ1) is 27.2. The molecule has 10 nitrogen and oxygen atoms in total. The highest BCUT2D eigenvalue weighted by molar-refractivity contribution is 7.99. The van der Waals surface area contributed by atoms with Gasteiger partial charge in [0.15, 0.2) is 6.29 Å². The number of carbonyl (C=O) groups excluding carboxylic acids is 3. The average Bonchev–Trinajstić information content (AvgIpc) is 3.23. The first kappa shape index (κ1) is 40.2. The number of ether oxygens (including phenoxy) is 3. The third-order valence-electron chi connectivity index (χ3n) is 9.66. The standard InChI is InChI=1S/C45H47N3O7S/c1-29-41(28-56-39-21-19-38(20-22-39)47-30(2)50)54-44(55-42(29)34-17-15-32(27-49)16-18-34)37-14-8-13-36(25-37)35-12-7-11-33(23-35)26-46-45(52)48-40(43(51)53-3)24-31-9-5-4-6-10-31/h4-23,25,29,40-42,44,49H,24,26-28H2,1-3H3,(H,47,50)(H2,46,48,52)/t29-,40+,41+,42+,44+/m1/s1. The number of urea groups is 1. The fourth-order valence-corrected chi connectivity index (χ4v) is 7.70. The summed E-state index contributed by atoms with van der Waals surface area (Å²) in [5.41, 5.74) is 7.17. The summed E-state index contributed by atoms with van der Waals surface area (Å²) in [5.74, 6) is 0.0690. The van der Waals surface area contributed by atoms with Crippen molar-refractivity contribution < 1.29 is 33.7 Å². The van der Waals surface area contributed by atoms with Crippen LogP contribution in [0.25, 0.3) is 11.1 Å². The molecular weight excluding hydrogens is 727 g/mol. The Labute approximate surface area is 332 Å². The van der Waals surface area contributed by atoms with Crippen LogP contribution in [0.5, 0.6) is 0 Å². The third kappa shape index (κ3) is 10.9. The molecule has 1 heterocycles. The van der Waals surface area contributed by atoms with Crippen LogP contribution in [0.2, 0.25) is 0 Å². The largest absolute Gasteiger partial charge is 0.467 e. The van der Waals surface area contributed by atoms with Crippen LogP contribution in [-0.4, -0.2) is 48.0 Å². The molecule has 3 amide bonds. The van der Waals surface area contributed by atoms with E-state index in [4.69, 9.17) is 14.2 Å². The van der Waals surface area contributed by atoms with E-state index in [0.29, 0.717) is 12.2 Å². The number of carbonyl (C=O) groups is 3. The van der Waals surface area contributed by atoms with Crippen LogP contribution < -0.4 is 16.0 Å². The van der Waals surface area contributed by atoms with Crippen LogP contribution in [0.4, 0.5) is 10.5 Å². The van der Waals surface area contributed by atoms with Gasteiger partial charge in [0.1, 0.15) is 6.04 Å². The van der Waals surface area contributed by atoms with E-state index >= 15 is 0 Å². The number of hydrogen-bond acceptors (Lipinski definition) is 8. The highest BCUT2D eigenvalue weighted by atomic mass is 32.2. The molecule has 0 aromatic heterocycles. The second kappa shape index (κ2) is 19.4. The summed E-state index contributed by atoms with van der Waals surface area (Å²) in [6, 6.07) is 39.8. The molecule has 0 aliphatic carbocycles. The molecule has 4 N–H and O–H groups in total. The number of aliphatic hydroxyl groups excluding tert-OH is 1. The van der Waals surface area contributed by atoms with Crippen LogP contribution in [0.3, 0.4) is 0 Å². The van der Waals surface area contributed by atoms with Gasteiger partial charge in [0, 0.05) is 47.7 Å². The summed E-state index contributed by atoms with van der Waals surface area (Å²) in [5, 5.41) is 18.1. The normalized spacial score (nSPS) is 18.4. The zero-order valence-electron chi connectivity index (χ0n) is 31.6. The first-order valence-corrected chi connectivity index (χ1v) is 19.5. The van der Waals surface area contributed by atoms with E-state index in [9.17, 15) is 19.5 Å². The van der Waals surface area contributed by atoms with Gasteiger partial charge in [0.25, 0.3) is 0 Å². The number of nitrogens with one attached hydrogen (secondary N) is 3. The molecule has 1 aliphatic heterocycles. The minimum Gasteiger partial charge on any atom is -0.467 e. The van der Waals surface area contributed by atoms with Crippen LogP contribution in [-0.2, 0) is 43.4 Å². The minimum absolute atomic E-state index is 0.0168. The van der Waals surface area contributed by atoms with Crippen molar-refractivity contribution in [2.45, 2.75) is 62.9 Å². The van der Waals surface area contributed by atoms with Crippen molar-refractivity contribution >= 4 is 35.4 Å². The number of amides is 3. The minimum atomic E-state index is -0.830. The Kier molecular flexibility index (Phi) is 13.9. The number of aliphatic hydroxyl groups is 1. The van der Waals surface area contributed by atoms with E-state index in [1.165, 1.54) is 14.0 Å². The van der Waals surface area contributed by atoms with E-state index < -0.39 is 24.3 Å². The van der Waals surface area contributed by atoms with Crippen LogP contribution in [0.15, 0.2) is 132 Å². The number of benzene rings is 5. The zero-order valence-corrected chi connectivity index (χ0v) is 32.5. The number of rotatable bonds is 14. The molecule has 290 valence electrons. The van der Waals surface area contributed by atoms with E-state index in [2.05, 4.69) is 28.9 Å². The Morgan fingerprint density at radius 3 is 2.18 bits per heavy atom. The first-order valence-electron chi connectivity index (χ1n) is 18.6. The van der Waals surface area contributed by atoms with Crippen molar-refractivity contribution in [3.63, 3.8) is 0 Å². The maximum Gasteiger partial charge on any atom is 0.328 e. The van der Waals surface area contributed by atoms with Gasteiger partial charge in [-0.05, 0) is 69.8 Å². The maximum absolute atomic E-state index is 12.9. The van der Waals surface area contributed by atoms with Crippen molar-refractivity contribution in [3.8, 4) is 11.1 Å². The average molecular weight is 774 g/mol. The molecule has 0 unspecified atom stereocenters. The molecule has 11 heteroatoms. The SMILES string of the molecule is COC(=O)[C@H](Cc1ccccc1)NC(=O)NCc1cccc(-c2cccc([C@H]3O[C@@H](CSc4ccc(NC(C)=O)cc4)[C@@H](C)[C@@H](c4ccc(CO)cc4)O3)c2)c1. The number of thioether (sulfide) groups is 1. The Morgan fingerprint density at radius 2 is 1.48 bits per heavy atom. The van der Waals surface area contributed by atoms with Gasteiger partial charge in [-0.1, -0.05) is 97.9 Å². The van der Waals surface area contributed by atoms with Gasteiger partial charge in [-0.2, -0.15) is 0 Å². The topological polar surface area (TPSA) is 135 Å². The molecule has 1 fully saturated rings. The van der Waals surface area contributed by atoms with E-state index in [-0.39, 0.29) is 37.2 Å². The summed E-state index contributed by atoms with van der Waals surface area (Å²) in [7, 11) is 1.31. The lowest BCUT2D eigenvalue weighted by Crippen LogP contribution is -2.47. The molecule has 5 aromatic carbocycles. The monoisotopic (exact) mass is 773 g/mol. The van der Waals surface area contributed by atoms with Crippen molar-refractivity contribution in [2.75, 3.05) is 18.2 Å². The lowest BCUT2D eigenvalue weighted by Gasteiger charge is -2.41. The third-order valence-corrected chi connectivity index (χ3v) is 10.8. The molecule has 0 bridgehead atoms. The lowest BCUT2D eigenvalue weighted by molar-refractivity contribution is -0.268. The summed E-state index contributed by atoms with van der Waals surface area (Å²) >= 11 is 1.69. The highest BCUT2D eigenvalue weighted by Crippen LogP contribution is 2.43. The van der Waals surface area contributed by atoms with Crippen molar-refractivity contribution in [1.29, 1.82) is 0 Å². The van der Waals surface area contributed by atoms with Crippen LogP contribution in [0, 0.1) is 5.92 Å². The summed E-state index contributed by atoms with van der Waals surface area (Å²) in [6.07, 6.45) is -0.754. The van der Waals surface area contributed by atoms with Crippen molar-refractivity contribution in [3.05, 3.63) is 155 Å². The predicted octanol–water partition coefficient (Wildman–Crippen LogP) is 7.97. The second-order valence-corrected chi connectivity index (χ2v) is 14.9. The summed E-state index contributed by atoms with van der Waals surface area (Å²) < 4.78 is 18.4. The second-order valence-electron chi connectivity index (χ2n) is 13.8. The van der Waals surface area contributed by atoms with E-state index in [1.807, 2.05) is 121 Å². The number of hydrogen-bond donors (Lipinski definition) is 4.